The minimum absolute atomic E-state index is 0.0835. The van der Waals surface area contributed by atoms with Gasteiger partial charge in [0.2, 0.25) is 40.1 Å². The fraction of sp³-hybridized carbons (Fsp3) is 0.219. The number of fused-ring (bicyclic) bond motifs is 3. The molecule has 6 unspecified atom stereocenters. The summed E-state index contributed by atoms with van der Waals surface area (Å²) in [5.41, 5.74) is 8.30. The zero-order valence-electron chi connectivity index (χ0n) is 55.8. The van der Waals surface area contributed by atoms with Crippen LogP contribution in [0.5, 0.6) is 0 Å². The Bertz CT molecular complexity index is 5850. The molecule has 9 aromatic carbocycles. The molecule has 6 atom stereocenters. The lowest BCUT2D eigenvalue weighted by Crippen LogP contribution is -2.30. The van der Waals surface area contributed by atoms with Gasteiger partial charge in [-0.25, -0.2) is 53.8 Å². The zero-order valence-corrected chi connectivity index (χ0v) is 59.8. The molecule has 3 aromatic heterocycles. The third kappa shape index (κ3) is 16.8. The number of aliphatic hydroxyl groups is 1. The molecule has 3 saturated carbocycles. The van der Waals surface area contributed by atoms with Crippen LogP contribution < -0.4 is 24.0 Å². The van der Waals surface area contributed by atoms with E-state index < -0.39 is 61.2 Å². The molecule has 0 saturated heterocycles. The maximum atomic E-state index is 12.9. The Kier molecular flexibility index (Phi) is 18.7. The van der Waals surface area contributed by atoms with E-state index in [2.05, 4.69) is 46.2 Å². The summed E-state index contributed by atoms with van der Waals surface area (Å²) < 4.78 is 163. The molecule has 3 fully saturated rings. The number of hydrogen-bond donors (Lipinski definition) is 9. The third-order valence-electron chi connectivity index (χ3n) is 18.0. The second-order valence-electron chi connectivity index (χ2n) is 26.6. The van der Waals surface area contributed by atoms with Crippen LogP contribution in [-0.4, -0.2) is 101 Å². The van der Waals surface area contributed by atoms with E-state index in [1.165, 1.54) is 29.8 Å². The van der Waals surface area contributed by atoms with Gasteiger partial charge >= 0.3 is 15.5 Å². The number of imidazole rings is 3. The number of sulfonamides is 5. The van der Waals surface area contributed by atoms with Crippen LogP contribution in [0.3, 0.4) is 0 Å². The van der Waals surface area contributed by atoms with E-state index in [1.807, 2.05) is 84.9 Å². The van der Waals surface area contributed by atoms with Crippen LogP contribution in [0.4, 0.5) is 35.9 Å². The quantitative estimate of drug-likeness (QED) is 0.0363. The maximum absolute atomic E-state index is 12.9. The number of nitrogens with two attached hydrogens (primary N) is 1. The van der Waals surface area contributed by atoms with Crippen LogP contribution >= 0.6 is 0 Å². The molecular formula is C73H70F3N11O11S5. The number of alkyl halides is 3. The van der Waals surface area contributed by atoms with Gasteiger partial charge in [-0.2, -0.15) is 21.6 Å². The Balaban J connectivity index is 0.000000138. The lowest BCUT2D eigenvalue weighted by atomic mass is 9.89. The number of aromatic nitrogens is 6. The molecule has 10 N–H and O–H groups in total. The second kappa shape index (κ2) is 27.0. The number of aromatic amines is 3. The Morgan fingerprint density at radius 2 is 0.748 bits per heavy atom. The first kappa shape index (κ1) is 71.4. The SMILES string of the molecule is CC(C)(O)c1ccccc1-c1ccc2nc(C3CC3c3ccc(NS(C)(=O)=O)cc3)[nH]c2c1.CS(=O)(=O)Nc1ccc(C2CC2c2nc3ccc(-c4ccccc4NS(=O)(=O)C(F)(F)F)cc3[nH]2)cc1.CS(=O)(=O)Nc1ccc(C2CC2c2nc3ccc(-c4ccccc4S(N)(=O)=O)cc3[nH]2)cc1. The van der Waals surface area contributed by atoms with Gasteiger partial charge in [0.25, 0.3) is 0 Å². The van der Waals surface area contributed by atoms with E-state index in [0.717, 1.165) is 111 Å². The lowest BCUT2D eigenvalue weighted by molar-refractivity contribution is -0.0429. The molecule has 3 aliphatic carbocycles. The van der Waals surface area contributed by atoms with E-state index >= 15 is 0 Å². The number of primary sulfonamides is 1. The van der Waals surface area contributed by atoms with Crippen molar-refractivity contribution >= 4 is 106 Å². The minimum atomic E-state index is -5.57. The summed E-state index contributed by atoms with van der Waals surface area (Å²) in [6, 6.07) is 59.4. The van der Waals surface area contributed by atoms with Gasteiger partial charge in [-0.15, -0.1) is 0 Å². The predicted molar refractivity (Wildman–Crippen MR) is 395 cm³/mol. The number of hydrogen-bond acceptors (Lipinski definition) is 14. The highest BCUT2D eigenvalue weighted by molar-refractivity contribution is 7.93. The molecule has 12 aromatic rings. The van der Waals surface area contributed by atoms with Crippen molar-refractivity contribution in [3.63, 3.8) is 0 Å². The first-order chi connectivity index (χ1) is 48.5. The average Bonchev–Trinajstić information content (AvgIpc) is 1.63. The maximum Gasteiger partial charge on any atom is 0.516 e. The van der Waals surface area contributed by atoms with Crippen molar-refractivity contribution in [2.24, 2.45) is 5.14 Å². The van der Waals surface area contributed by atoms with E-state index in [9.17, 15) is 60.4 Å². The standard InChI is InChI=1S/C26H27N3O3S.C24H21F3N4O4S2.C23H22N4O4S2/c1-26(2,30)22-7-5-4-6-19(22)17-10-13-23-24(14-17)28-25(27-23)21-15-20(21)16-8-11-18(12-9-16)29-33(3,31)32;1-36(32,33)30-16-9-6-14(7-10-16)18-13-19(18)23-28-21-11-8-15(12-22(21)29-23)17-4-2-3-5-20(17)31-37(34,35)24(25,26)27;1-32(28,29)27-16-9-6-14(7-10-16)18-13-19(18)23-25-20-11-8-15(12-21(20)26-23)17-4-2-3-5-22(17)33(24,30)31/h4-14,20-21,29-30H,15H2,1-3H3,(H,27,28);2-12,18-19,30-31H,13H2,1H3,(H,28,29);2-12,18-19,27H,13H2,1H3,(H,25,26)(H2,24,30,31). The first-order valence-corrected chi connectivity index (χ1v) is 41.0. The summed E-state index contributed by atoms with van der Waals surface area (Å²) in [5, 5.41) is 16.0. The number of para-hydroxylation sites is 1. The molecule has 22 nitrogen and oxygen atoms in total. The van der Waals surface area contributed by atoms with Gasteiger partial charge in [0, 0.05) is 45.9 Å². The summed E-state index contributed by atoms with van der Waals surface area (Å²) in [6.45, 7) is 3.60. The zero-order chi connectivity index (χ0) is 73.3. The van der Waals surface area contributed by atoms with Crippen LogP contribution in [0.1, 0.15) is 108 Å². The summed E-state index contributed by atoms with van der Waals surface area (Å²) in [4.78, 5) is 24.5. The normalized spacial score (nSPS) is 18.3. The molecular weight excluding hydrogens is 1420 g/mol. The first-order valence-electron chi connectivity index (χ1n) is 32.3. The number of H-pyrrole nitrogens is 3. The Morgan fingerprint density at radius 3 is 1.11 bits per heavy atom. The smallest absolute Gasteiger partial charge is 0.386 e. The number of rotatable bonds is 19. The van der Waals surface area contributed by atoms with Gasteiger partial charge < -0.3 is 20.1 Å². The van der Waals surface area contributed by atoms with Gasteiger partial charge in [0.05, 0.1) is 68.1 Å². The van der Waals surface area contributed by atoms with Crippen LogP contribution in [-0.2, 0) is 55.7 Å². The fourth-order valence-corrected chi connectivity index (χ4v) is 16.0. The molecule has 15 rings (SSSR count). The topological polar surface area (TPSA) is 351 Å². The Morgan fingerprint density at radius 1 is 0.417 bits per heavy atom. The number of benzene rings is 9. The van der Waals surface area contributed by atoms with Crippen molar-refractivity contribution < 1.29 is 60.4 Å². The third-order valence-corrected chi connectivity index (χ3v) is 21.9. The van der Waals surface area contributed by atoms with Crippen LogP contribution in [0, 0.1) is 0 Å². The number of anilines is 4. The summed E-state index contributed by atoms with van der Waals surface area (Å²) in [6.07, 6.45) is 6.16. The summed E-state index contributed by atoms with van der Waals surface area (Å²) >= 11 is 0. The van der Waals surface area contributed by atoms with Crippen LogP contribution in [0.25, 0.3) is 66.5 Å². The molecule has 0 amide bonds. The number of nitrogens with zero attached hydrogens (tertiary/aromatic N) is 3. The Hall–Kier alpha value is -9.95. The largest absolute Gasteiger partial charge is 0.516 e. The molecule has 534 valence electrons. The second-order valence-corrected chi connectivity index (χ2v) is 35.1. The van der Waals surface area contributed by atoms with E-state index in [4.69, 9.17) is 15.1 Å². The monoisotopic (exact) mass is 1490 g/mol. The van der Waals surface area contributed by atoms with Gasteiger partial charge in [0.1, 0.15) is 17.5 Å². The van der Waals surface area contributed by atoms with Gasteiger partial charge in [-0.05, 0) is 180 Å². The van der Waals surface area contributed by atoms with Crippen molar-refractivity contribution in [1.82, 2.24) is 29.9 Å². The van der Waals surface area contributed by atoms with Crippen LogP contribution in [0.2, 0.25) is 0 Å². The minimum Gasteiger partial charge on any atom is -0.386 e. The predicted octanol–water partition coefficient (Wildman–Crippen LogP) is 13.8. The molecule has 3 aliphatic rings. The highest BCUT2D eigenvalue weighted by Gasteiger charge is 2.47. The van der Waals surface area contributed by atoms with E-state index in [1.54, 1.807) is 97.4 Å². The summed E-state index contributed by atoms with van der Waals surface area (Å²) in [7, 11) is -19.4. The highest BCUT2D eigenvalue weighted by atomic mass is 32.2. The van der Waals surface area contributed by atoms with Crippen molar-refractivity contribution in [3.05, 3.63) is 240 Å². The Labute approximate surface area is 593 Å². The number of halogens is 3. The highest BCUT2D eigenvalue weighted by Crippen LogP contribution is 2.56. The van der Waals surface area contributed by atoms with Crippen LogP contribution in [0.15, 0.2) is 205 Å². The molecule has 103 heavy (non-hydrogen) atoms. The molecule has 0 bridgehead atoms. The van der Waals surface area contributed by atoms with E-state index in [0.29, 0.717) is 62.5 Å². The van der Waals surface area contributed by atoms with Gasteiger partial charge in [-0.3, -0.25) is 18.9 Å². The van der Waals surface area contributed by atoms with Gasteiger partial charge in [0.15, 0.2) is 0 Å². The molecule has 0 aliphatic heterocycles. The molecule has 0 spiro atoms. The van der Waals surface area contributed by atoms with Gasteiger partial charge in [-0.1, -0.05) is 115 Å². The number of nitrogens with one attached hydrogen (secondary N) is 7. The molecule has 30 heteroatoms. The van der Waals surface area contributed by atoms with Crippen molar-refractivity contribution in [2.75, 3.05) is 37.7 Å². The summed E-state index contributed by atoms with van der Waals surface area (Å²) in [5.74, 6) is 4.20. The average molecular weight is 1490 g/mol. The fourth-order valence-electron chi connectivity index (χ4n) is 13.0. The van der Waals surface area contributed by atoms with Crippen molar-refractivity contribution in [3.8, 4) is 33.4 Å². The van der Waals surface area contributed by atoms with E-state index in [-0.39, 0.29) is 28.3 Å². The van der Waals surface area contributed by atoms with Crippen molar-refractivity contribution in [2.45, 2.75) is 84.6 Å². The van der Waals surface area contributed by atoms with Crippen molar-refractivity contribution in [1.29, 1.82) is 0 Å². The molecule has 0 radical (unpaired) electrons. The molecule has 3 heterocycles. The lowest BCUT2D eigenvalue weighted by Gasteiger charge is -2.21.